The molecule has 0 aliphatic carbocycles. The van der Waals surface area contributed by atoms with E-state index in [1.54, 1.807) is 24.4 Å². The van der Waals surface area contributed by atoms with Crippen LogP contribution in [0.25, 0.3) is 11.0 Å². The Bertz CT molecular complexity index is 3270. The number of para-hydroxylation sites is 1. The van der Waals surface area contributed by atoms with E-state index in [0.29, 0.717) is 64.7 Å². The van der Waals surface area contributed by atoms with Crippen LogP contribution in [-0.4, -0.2) is 169 Å². The van der Waals surface area contributed by atoms with Crippen LogP contribution >= 0.6 is 0 Å². The summed E-state index contributed by atoms with van der Waals surface area (Å²) in [5.41, 5.74) is 5.23. The van der Waals surface area contributed by atoms with E-state index in [9.17, 15) is 32.4 Å². The molecule has 77 heavy (non-hydrogen) atoms. The van der Waals surface area contributed by atoms with Gasteiger partial charge in [0.15, 0.2) is 0 Å². The van der Waals surface area contributed by atoms with Crippen LogP contribution in [0.3, 0.4) is 0 Å². The molecule has 0 saturated carbocycles. The van der Waals surface area contributed by atoms with Gasteiger partial charge in [0.05, 0.1) is 39.8 Å². The van der Waals surface area contributed by atoms with Crippen LogP contribution in [0.4, 0.5) is 44.6 Å². The first-order valence-corrected chi connectivity index (χ1v) is 29.0. The number of anilines is 7. The van der Waals surface area contributed by atoms with Gasteiger partial charge < -0.3 is 35.2 Å². The number of carbonyl (C=O) groups excluding carboxylic acids is 5. The van der Waals surface area contributed by atoms with Crippen molar-refractivity contribution in [3.8, 4) is 0 Å². The highest BCUT2D eigenvalue weighted by atomic mass is 32.2. The van der Waals surface area contributed by atoms with Gasteiger partial charge >= 0.3 is 0 Å². The van der Waals surface area contributed by atoms with E-state index >= 15 is 4.39 Å². The number of hydrogen-bond donors (Lipinski definition) is 4. The maximum Gasteiger partial charge on any atom is 0.262 e. The largest absolute Gasteiger partial charge is 0.371 e. The van der Waals surface area contributed by atoms with Crippen LogP contribution < -0.4 is 30.1 Å². The zero-order valence-electron chi connectivity index (χ0n) is 43.2. The number of hydrogen-bond acceptors (Lipinski definition) is 15. The summed E-state index contributed by atoms with van der Waals surface area (Å²) < 4.78 is 42.6. The van der Waals surface area contributed by atoms with E-state index in [0.717, 1.165) is 132 Å². The molecule has 5 aromatic rings. The number of H-pyrrole nitrogens is 1. The molecule has 7 aliphatic heterocycles. The Hall–Kier alpha value is -7.17. The van der Waals surface area contributed by atoms with Gasteiger partial charge in [0, 0.05) is 101 Å². The molecule has 7 aliphatic rings. The third-order valence-corrected chi connectivity index (χ3v) is 18.2. The predicted octanol–water partition coefficient (Wildman–Crippen LogP) is 5.05. The van der Waals surface area contributed by atoms with Gasteiger partial charge in [-0.25, -0.2) is 12.8 Å². The van der Waals surface area contributed by atoms with Crippen molar-refractivity contribution in [2.45, 2.75) is 69.9 Å². The normalized spacial score (nSPS) is 21.5. The Morgan fingerprint density at radius 3 is 2.25 bits per heavy atom. The third kappa shape index (κ3) is 10.1. The van der Waals surface area contributed by atoms with E-state index in [1.807, 2.05) is 36.4 Å². The van der Waals surface area contributed by atoms with Crippen LogP contribution in [0.2, 0.25) is 0 Å². The Labute approximate surface area is 446 Å². The fourth-order valence-corrected chi connectivity index (χ4v) is 13.8. The van der Waals surface area contributed by atoms with E-state index in [4.69, 9.17) is 4.98 Å². The summed E-state index contributed by atoms with van der Waals surface area (Å²) in [6.07, 6.45) is 9.32. The molecule has 20 nitrogen and oxygen atoms in total. The van der Waals surface area contributed by atoms with Crippen molar-refractivity contribution in [2.75, 3.05) is 110 Å². The number of aromatic nitrogens is 3. The zero-order chi connectivity index (χ0) is 53.1. The second-order valence-electron chi connectivity index (χ2n) is 21.7. The summed E-state index contributed by atoms with van der Waals surface area (Å²) in [6.45, 7) is 9.41. The molecular formula is C55H64FN13O7S. The Kier molecular flexibility index (Phi) is 13.6. The van der Waals surface area contributed by atoms with Crippen molar-refractivity contribution in [1.82, 2.24) is 39.9 Å². The number of nitrogens with zero attached hydrogens (tertiary/aromatic N) is 9. The van der Waals surface area contributed by atoms with Gasteiger partial charge in [0.25, 0.3) is 11.8 Å². The highest BCUT2D eigenvalue weighted by Crippen LogP contribution is 2.40. The number of fused-ring (bicyclic) bond motifs is 3. The summed E-state index contributed by atoms with van der Waals surface area (Å²) >= 11 is 0. The SMILES string of the molecule is CS(=O)(=O)N1CCc2cccc(Nc3nc(Nc4ccc(N5CCC(N6CCN(C(=O)C7CCN(CC8CCN(c9ccc%10c(c9)C(=O)N(C9CCC(=O)NC9=O)C%10=O)CC8)CC7)CC6)CC5)c(F)c4)nc4[nH]ccc34)c21. The number of benzene rings is 3. The predicted molar refractivity (Wildman–Crippen MR) is 290 cm³/mol. The first kappa shape index (κ1) is 50.6. The van der Waals surface area contributed by atoms with E-state index < -0.39 is 39.7 Å². The summed E-state index contributed by atoms with van der Waals surface area (Å²) in [4.78, 5) is 89.6. The van der Waals surface area contributed by atoms with Crippen molar-refractivity contribution in [2.24, 2.45) is 11.8 Å². The lowest BCUT2D eigenvalue weighted by Gasteiger charge is -2.44. The first-order valence-electron chi connectivity index (χ1n) is 27.1. The summed E-state index contributed by atoms with van der Waals surface area (Å²) in [5.74, 6) is -0.773. The monoisotopic (exact) mass is 1070 g/mol. The molecule has 9 heterocycles. The number of piperidine rings is 4. The van der Waals surface area contributed by atoms with Crippen LogP contribution in [0, 0.1) is 17.7 Å². The number of imide groups is 2. The molecule has 0 spiro atoms. The van der Waals surface area contributed by atoms with Gasteiger partial charge in [0.2, 0.25) is 33.7 Å². The van der Waals surface area contributed by atoms with Crippen LogP contribution in [-0.2, 0) is 30.8 Å². The minimum Gasteiger partial charge on any atom is -0.371 e. The van der Waals surface area contributed by atoms with Crippen molar-refractivity contribution < 1.29 is 36.8 Å². The number of nitrogens with one attached hydrogen (secondary N) is 4. The fraction of sp³-hybridized carbons (Fsp3) is 0.473. The van der Waals surface area contributed by atoms with Crippen LogP contribution in [0.1, 0.15) is 77.6 Å². The molecule has 0 radical (unpaired) electrons. The minimum atomic E-state index is -3.49. The number of halogens is 1. The summed E-state index contributed by atoms with van der Waals surface area (Å²) in [7, 11) is -3.49. The van der Waals surface area contributed by atoms with Crippen molar-refractivity contribution in [3.63, 3.8) is 0 Å². The maximum atomic E-state index is 15.9. The molecule has 5 saturated heterocycles. The number of amides is 5. The molecule has 5 fully saturated rings. The number of aromatic amines is 1. The fourth-order valence-electron chi connectivity index (χ4n) is 12.8. The van der Waals surface area contributed by atoms with E-state index in [1.165, 1.54) is 16.6 Å². The molecule has 22 heteroatoms. The highest BCUT2D eigenvalue weighted by molar-refractivity contribution is 7.92. The van der Waals surface area contributed by atoms with Gasteiger partial charge in [-0.3, -0.25) is 43.4 Å². The second kappa shape index (κ2) is 20.7. The maximum absolute atomic E-state index is 15.9. The molecule has 5 amide bonds. The number of piperazine rings is 1. The molecule has 4 N–H and O–H groups in total. The Morgan fingerprint density at radius 2 is 1.51 bits per heavy atom. The second-order valence-corrected chi connectivity index (χ2v) is 23.6. The lowest BCUT2D eigenvalue weighted by Crippen LogP contribution is -2.55. The molecule has 3 aromatic carbocycles. The summed E-state index contributed by atoms with van der Waals surface area (Å²) in [6, 6.07) is 17.3. The van der Waals surface area contributed by atoms with Crippen molar-refractivity contribution >= 4 is 90.8 Å². The lowest BCUT2D eigenvalue weighted by atomic mass is 9.91. The molecule has 1 atom stereocenters. The van der Waals surface area contributed by atoms with Crippen molar-refractivity contribution in [1.29, 1.82) is 0 Å². The zero-order valence-corrected chi connectivity index (χ0v) is 44.0. The molecule has 1 unspecified atom stereocenters. The van der Waals surface area contributed by atoms with E-state index in [-0.39, 0.29) is 42.0 Å². The van der Waals surface area contributed by atoms with Gasteiger partial charge in [-0.15, -0.1) is 0 Å². The minimum absolute atomic E-state index is 0.0433. The van der Waals surface area contributed by atoms with Crippen LogP contribution in [0.5, 0.6) is 0 Å². The average Bonchev–Trinajstić information content (AvgIpc) is 4.19. The van der Waals surface area contributed by atoms with Crippen LogP contribution in [0.15, 0.2) is 66.9 Å². The Balaban J connectivity index is 0.574. The average molecular weight is 1070 g/mol. The first-order chi connectivity index (χ1) is 37.2. The number of rotatable bonds is 12. The highest BCUT2D eigenvalue weighted by Gasteiger charge is 2.45. The molecule has 0 bridgehead atoms. The topological polar surface area (TPSA) is 220 Å². The number of likely N-dealkylation sites (tertiary alicyclic amines) is 1. The number of carbonyl (C=O) groups is 5. The summed E-state index contributed by atoms with van der Waals surface area (Å²) in [5, 5.41) is 9.50. The van der Waals surface area contributed by atoms with Gasteiger partial charge in [0.1, 0.15) is 23.3 Å². The van der Waals surface area contributed by atoms with Crippen molar-refractivity contribution in [3.05, 3.63) is 89.4 Å². The third-order valence-electron chi connectivity index (χ3n) is 17.0. The molecule has 2 aromatic heterocycles. The molecule has 404 valence electrons. The Morgan fingerprint density at radius 1 is 0.753 bits per heavy atom. The van der Waals surface area contributed by atoms with Gasteiger partial charge in [-0.1, -0.05) is 12.1 Å². The molecular weight excluding hydrogens is 1010 g/mol. The van der Waals surface area contributed by atoms with E-state index in [2.05, 4.69) is 50.4 Å². The van der Waals surface area contributed by atoms with Gasteiger partial charge in [-0.2, -0.15) is 9.97 Å². The molecule has 12 rings (SSSR count). The smallest absolute Gasteiger partial charge is 0.262 e. The van der Waals surface area contributed by atoms with Gasteiger partial charge in [-0.05, 0) is 124 Å². The number of sulfonamides is 1. The quantitative estimate of drug-likeness (QED) is 0.120. The lowest BCUT2D eigenvalue weighted by molar-refractivity contribution is -0.139. The standard InChI is InChI=1S/C55H64FN13O7S/c1-77(75,76)68-26-16-35-3-2-4-44(48(35)68)59-50-41-11-19-57-49(41)61-55(62-50)58-37-5-8-45(43(56)31-37)66-24-17-38(18-25-66)65-27-29-67(30-28-65)52(72)36-14-20-63(21-15-36)33-34-12-22-64(23-13-34)39-6-7-40-42(32-39)54(74)69(53(40)73)46-9-10-47(70)60-51(46)71/h2-8,11,19,31-32,34,36,38,46H,9-10,12-18,20-30,33H2,1H3,(H,60,70,71)(H3,57,58,59,61,62).